The molecule has 20 heavy (non-hydrogen) atoms. The van der Waals surface area contributed by atoms with E-state index in [4.69, 9.17) is 16.9 Å². The lowest BCUT2D eigenvalue weighted by Crippen LogP contribution is -2.14. The summed E-state index contributed by atoms with van der Waals surface area (Å²) in [6.45, 7) is 0. The fourth-order valence-electron chi connectivity index (χ4n) is 1.40. The predicted molar refractivity (Wildman–Crippen MR) is 78.9 cm³/mol. The van der Waals surface area contributed by atoms with Gasteiger partial charge in [-0.2, -0.15) is 5.26 Å². The molecular weight excluding hydrogens is 366 g/mol. The fourth-order valence-corrected chi connectivity index (χ4v) is 3.65. The molecule has 102 valence electrons. The van der Waals surface area contributed by atoms with Crippen molar-refractivity contribution < 1.29 is 8.42 Å². The second-order valence-corrected chi connectivity index (χ2v) is 6.55. The minimum absolute atomic E-state index is 0.0103. The van der Waals surface area contributed by atoms with Crippen LogP contribution in [-0.2, 0) is 10.0 Å². The van der Waals surface area contributed by atoms with E-state index in [0.29, 0.717) is 10.6 Å². The molecule has 1 aromatic carbocycles. The Morgan fingerprint density at radius 3 is 2.65 bits per heavy atom. The molecule has 5 nitrogen and oxygen atoms in total. The molecule has 0 unspecified atom stereocenters. The van der Waals surface area contributed by atoms with E-state index in [1.807, 2.05) is 6.07 Å². The molecule has 0 bridgehead atoms. The first-order chi connectivity index (χ1) is 9.44. The first-order valence-corrected chi connectivity index (χ1v) is 7.92. The van der Waals surface area contributed by atoms with Gasteiger partial charge in [0.15, 0.2) is 0 Å². The van der Waals surface area contributed by atoms with E-state index in [9.17, 15) is 8.42 Å². The van der Waals surface area contributed by atoms with Crippen molar-refractivity contribution in [2.75, 3.05) is 4.72 Å². The lowest BCUT2D eigenvalue weighted by molar-refractivity contribution is 0.600. The first kappa shape index (κ1) is 14.8. The topological polar surface area (TPSA) is 82.9 Å². The number of aromatic nitrogens is 1. The maximum absolute atomic E-state index is 12.2. The van der Waals surface area contributed by atoms with Crippen molar-refractivity contribution in [1.82, 2.24) is 4.98 Å². The number of nitriles is 1. The van der Waals surface area contributed by atoms with Crippen molar-refractivity contribution in [2.45, 2.75) is 4.90 Å². The van der Waals surface area contributed by atoms with Gasteiger partial charge in [0.1, 0.15) is 16.8 Å². The van der Waals surface area contributed by atoms with Crippen LogP contribution < -0.4 is 4.72 Å². The van der Waals surface area contributed by atoms with E-state index in [1.54, 1.807) is 6.07 Å². The molecule has 0 amide bonds. The van der Waals surface area contributed by atoms with E-state index in [2.05, 4.69) is 25.6 Å². The van der Waals surface area contributed by atoms with Gasteiger partial charge in [-0.15, -0.1) is 0 Å². The number of anilines is 1. The van der Waals surface area contributed by atoms with Crippen LogP contribution in [0.4, 0.5) is 5.82 Å². The Bertz CT molecular complexity index is 785. The Balaban J connectivity index is 2.36. The Hall–Kier alpha value is -1.62. The number of nitrogens with one attached hydrogen (secondary N) is 1. The predicted octanol–water partition coefficient (Wildman–Crippen LogP) is 3.17. The molecule has 1 N–H and O–H groups in total. The van der Waals surface area contributed by atoms with Crippen LogP contribution in [0.25, 0.3) is 0 Å². The van der Waals surface area contributed by atoms with Crippen LogP contribution in [0.3, 0.4) is 0 Å². The molecule has 0 radical (unpaired) electrons. The highest BCUT2D eigenvalue weighted by molar-refractivity contribution is 9.10. The summed E-state index contributed by atoms with van der Waals surface area (Å²) in [4.78, 5) is 3.86. The molecule has 0 aliphatic carbocycles. The number of nitrogens with zero attached hydrogens (tertiary/aromatic N) is 2. The SMILES string of the molecule is N#Cc1ccc(NS(=O)(=O)c2cccc(Cl)c2Br)nc1. The van der Waals surface area contributed by atoms with Crippen LogP contribution in [0.15, 0.2) is 45.9 Å². The standard InChI is InChI=1S/C12H7BrClN3O2S/c13-12-9(14)2-1-3-10(12)20(18,19)17-11-5-4-8(6-15)7-16-11/h1-5,7H,(H,16,17). The summed E-state index contributed by atoms with van der Waals surface area (Å²) < 4.78 is 27.0. The van der Waals surface area contributed by atoms with Crippen LogP contribution >= 0.6 is 27.5 Å². The lowest BCUT2D eigenvalue weighted by Gasteiger charge is -2.09. The molecule has 0 aliphatic rings. The molecule has 0 saturated heterocycles. The van der Waals surface area contributed by atoms with Gasteiger partial charge in [0.2, 0.25) is 0 Å². The molecule has 0 spiro atoms. The normalized spacial score (nSPS) is 10.8. The van der Waals surface area contributed by atoms with Gasteiger partial charge in [-0.1, -0.05) is 17.7 Å². The minimum Gasteiger partial charge on any atom is -0.263 e. The molecule has 1 heterocycles. The fraction of sp³-hybridized carbons (Fsp3) is 0. The van der Waals surface area contributed by atoms with Crippen molar-refractivity contribution >= 4 is 43.4 Å². The summed E-state index contributed by atoms with van der Waals surface area (Å²) in [5.41, 5.74) is 0.344. The molecule has 0 fully saturated rings. The smallest absolute Gasteiger partial charge is 0.263 e. The Labute approximate surface area is 129 Å². The zero-order valence-corrected chi connectivity index (χ0v) is 13.0. The highest BCUT2D eigenvalue weighted by atomic mass is 79.9. The quantitative estimate of drug-likeness (QED) is 0.897. The average Bonchev–Trinajstić information content (AvgIpc) is 2.42. The van der Waals surface area contributed by atoms with E-state index < -0.39 is 10.0 Å². The monoisotopic (exact) mass is 371 g/mol. The molecule has 2 aromatic rings. The molecule has 0 atom stereocenters. The summed E-state index contributed by atoms with van der Waals surface area (Å²) in [5, 5.41) is 8.95. The van der Waals surface area contributed by atoms with Crippen molar-refractivity contribution in [3.05, 3.63) is 51.6 Å². The van der Waals surface area contributed by atoms with Crippen molar-refractivity contribution in [3.8, 4) is 6.07 Å². The lowest BCUT2D eigenvalue weighted by atomic mass is 10.3. The molecule has 2 rings (SSSR count). The number of pyridine rings is 1. The summed E-state index contributed by atoms with van der Waals surface area (Å²) in [7, 11) is -3.81. The van der Waals surface area contributed by atoms with Crippen molar-refractivity contribution in [3.63, 3.8) is 0 Å². The Morgan fingerprint density at radius 1 is 1.30 bits per heavy atom. The number of hydrogen-bond donors (Lipinski definition) is 1. The zero-order valence-electron chi connectivity index (χ0n) is 9.84. The van der Waals surface area contributed by atoms with E-state index in [1.165, 1.54) is 30.5 Å². The summed E-state index contributed by atoms with van der Waals surface area (Å²) >= 11 is 9.01. The van der Waals surface area contributed by atoms with Gasteiger partial charge < -0.3 is 0 Å². The maximum Gasteiger partial charge on any atom is 0.264 e. The van der Waals surface area contributed by atoms with Gasteiger partial charge >= 0.3 is 0 Å². The van der Waals surface area contributed by atoms with Crippen LogP contribution in [0.1, 0.15) is 5.56 Å². The molecule has 0 aliphatic heterocycles. The minimum atomic E-state index is -3.81. The van der Waals surface area contributed by atoms with E-state index in [0.717, 1.165) is 0 Å². The van der Waals surface area contributed by atoms with Crippen molar-refractivity contribution in [1.29, 1.82) is 5.26 Å². The highest BCUT2D eigenvalue weighted by Gasteiger charge is 2.19. The van der Waals surface area contributed by atoms with Crippen molar-refractivity contribution in [2.24, 2.45) is 0 Å². The third-order valence-electron chi connectivity index (χ3n) is 2.34. The van der Waals surface area contributed by atoms with Gasteiger partial charge in [0.25, 0.3) is 10.0 Å². The van der Waals surface area contributed by atoms with Crippen LogP contribution in [0, 0.1) is 11.3 Å². The van der Waals surface area contributed by atoms with Gasteiger partial charge in [0.05, 0.1) is 15.1 Å². The number of halogens is 2. The summed E-state index contributed by atoms with van der Waals surface area (Å²) in [6, 6.07) is 9.31. The molecule has 0 saturated carbocycles. The third-order valence-corrected chi connectivity index (χ3v) is 5.39. The Kier molecular flexibility index (Phi) is 4.28. The van der Waals surface area contributed by atoms with Gasteiger partial charge in [-0.05, 0) is 40.2 Å². The van der Waals surface area contributed by atoms with Gasteiger partial charge in [0, 0.05) is 6.20 Å². The van der Waals surface area contributed by atoms with Crippen LogP contribution in [-0.4, -0.2) is 13.4 Å². The van der Waals surface area contributed by atoms with Gasteiger partial charge in [-0.25, -0.2) is 13.4 Å². The zero-order chi connectivity index (χ0) is 14.8. The average molecular weight is 373 g/mol. The van der Waals surface area contributed by atoms with E-state index >= 15 is 0 Å². The molecule has 8 heteroatoms. The van der Waals surface area contributed by atoms with Gasteiger partial charge in [-0.3, -0.25) is 4.72 Å². The van der Waals surface area contributed by atoms with E-state index in [-0.39, 0.29) is 15.2 Å². The number of hydrogen-bond acceptors (Lipinski definition) is 4. The summed E-state index contributed by atoms with van der Waals surface area (Å²) in [6.07, 6.45) is 1.28. The number of rotatable bonds is 3. The second kappa shape index (κ2) is 5.79. The number of sulfonamides is 1. The highest BCUT2D eigenvalue weighted by Crippen LogP contribution is 2.30. The molecular formula is C12H7BrClN3O2S. The van der Waals surface area contributed by atoms with Crippen LogP contribution in [0.2, 0.25) is 5.02 Å². The largest absolute Gasteiger partial charge is 0.264 e. The maximum atomic E-state index is 12.2. The third kappa shape index (κ3) is 3.10. The first-order valence-electron chi connectivity index (χ1n) is 5.27. The second-order valence-electron chi connectivity index (χ2n) is 3.70. The molecule has 1 aromatic heterocycles. The number of benzene rings is 1. The Morgan fingerprint density at radius 2 is 2.05 bits per heavy atom. The summed E-state index contributed by atoms with van der Waals surface area (Å²) in [5.74, 6) is 0.121. The van der Waals surface area contributed by atoms with Crippen LogP contribution in [0.5, 0.6) is 0 Å².